The second kappa shape index (κ2) is 9.60. The lowest BCUT2D eigenvalue weighted by molar-refractivity contribution is -0.914. The van der Waals surface area contributed by atoms with Gasteiger partial charge in [0.1, 0.15) is 5.75 Å². The molecule has 3 N–H and O–H groups in total. The maximum Gasteiger partial charge on any atom is 0.278 e. The monoisotopic (exact) mass is 382 g/mol. The van der Waals surface area contributed by atoms with Crippen LogP contribution < -0.4 is 15.1 Å². The normalized spacial score (nSPS) is 17.1. The Kier molecular flexibility index (Phi) is 6.93. The Labute approximate surface area is 168 Å². The molecule has 28 heavy (non-hydrogen) atoms. The Bertz CT molecular complexity index is 757. The van der Waals surface area contributed by atoms with Crippen molar-refractivity contribution in [1.82, 2.24) is 5.32 Å². The summed E-state index contributed by atoms with van der Waals surface area (Å²) in [5, 5.41) is 13.3. The van der Waals surface area contributed by atoms with Gasteiger partial charge in [0.2, 0.25) is 0 Å². The van der Waals surface area contributed by atoms with E-state index < -0.39 is 0 Å². The predicted molar refractivity (Wildman–Crippen MR) is 113 cm³/mol. The molecule has 1 aliphatic rings. The number of aromatic hydroxyl groups is 1. The van der Waals surface area contributed by atoms with E-state index in [-0.39, 0.29) is 18.0 Å². The third-order valence-electron chi connectivity index (χ3n) is 5.73. The molecule has 0 spiro atoms. The number of benzene rings is 2. The largest absolute Gasteiger partial charge is 0.506 e. The number of hydrogen-bond acceptors (Lipinski definition) is 3. The fourth-order valence-electron chi connectivity index (χ4n) is 3.98. The van der Waals surface area contributed by atoms with Gasteiger partial charge in [-0.1, -0.05) is 55.8 Å². The van der Waals surface area contributed by atoms with Crippen LogP contribution in [0.25, 0.3) is 0 Å². The van der Waals surface area contributed by atoms with Crippen LogP contribution in [-0.4, -0.2) is 43.2 Å². The number of quaternary nitrogens is 1. The molecule has 0 radical (unpaired) electrons. The minimum absolute atomic E-state index is 0.0723. The minimum Gasteiger partial charge on any atom is -0.506 e. The predicted octanol–water partition coefficient (Wildman–Crippen LogP) is 2.14. The number of amides is 1. The first-order chi connectivity index (χ1) is 13.6. The number of phenols is 1. The van der Waals surface area contributed by atoms with Crippen LogP contribution in [0.3, 0.4) is 0 Å². The molecule has 2 aromatic rings. The number of rotatable bonds is 7. The van der Waals surface area contributed by atoms with Gasteiger partial charge >= 0.3 is 0 Å². The average Bonchev–Trinajstić information content (AvgIpc) is 2.74. The standard InChI is InChI=1S/C23H31N3O2/c1-3-9-20(19-10-5-4-6-11-19)24-23(28)18(2)25-14-16-26(17-15-25)21-12-7-8-13-22(21)27/h4-8,10-13,18,20,27H,3,9,14-17H2,1-2H3,(H,24,28)/p+1/t18-,20+/m0/s1. The molecule has 0 bridgehead atoms. The van der Waals surface area contributed by atoms with E-state index in [2.05, 4.69) is 29.3 Å². The van der Waals surface area contributed by atoms with Gasteiger partial charge in [0, 0.05) is 0 Å². The van der Waals surface area contributed by atoms with Crippen molar-refractivity contribution in [1.29, 1.82) is 0 Å². The number of para-hydroxylation sites is 2. The first kappa shape index (κ1) is 20.2. The first-order valence-corrected chi connectivity index (χ1v) is 10.3. The lowest BCUT2D eigenvalue weighted by atomic mass is 10.0. The zero-order valence-electron chi connectivity index (χ0n) is 16.9. The fourth-order valence-corrected chi connectivity index (χ4v) is 3.98. The number of hydrogen-bond donors (Lipinski definition) is 3. The van der Waals surface area contributed by atoms with E-state index in [1.807, 2.05) is 43.3 Å². The first-order valence-electron chi connectivity index (χ1n) is 10.3. The van der Waals surface area contributed by atoms with Crippen LogP contribution in [0.4, 0.5) is 5.69 Å². The summed E-state index contributed by atoms with van der Waals surface area (Å²) >= 11 is 0. The van der Waals surface area contributed by atoms with E-state index in [0.717, 1.165) is 44.7 Å². The van der Waals surface area contributed by atoms with Gasteiger partial charge in [0.15, 0.2) is 6.04 Å². The minimum atomic E-state index is -0.0883. The zero-order chi connectivity index (χ0) is 19.9. The van der Waals surface area contributed by atoms with E-state index in [9.17, 15) is 9.90 Å². The molecule has 1 saturated heterocycles. The summed E-state index contributed by atoms with van der Waals surface area (Å²) in [5.74, 6) is 0.440. The number of piperazine rings is 1. The van der Waals surface area contributed by atoms with Gasteiger partial charge in [-0.3, -0.25) is 4.79 Å². The number of carbonyl (C=O) groups excluding carboxylic acids is 1. The molecule has 1 heterocycles. The number of nitrogens with zero attached hydrogens (tertiary/aromatic N) is 1. The molecular formula is C23H32N3O2+. The summed E-state index contributed by atoms with van der Waals surface area (Å²) in [6.45, 7) is 7.60. The highest BCUT2D eigenvalue weighted by Crippen LogP contribution is 2.26. The highest BCUT2D eigenvalue weighted by molar-refractivity contribution is 5.80. The number of carbonyl (C=O) groups is 1. The van der Waals surface area contributed by atoms with Crippen LogP contribution in [0.15, 0.2) is 54.6 Å². The molecule has 1 fully saturated rings. The van der Waals surface area contributed by atoms with Crippen molar-refractivity contribution >= 4 is 11.6 Å². The third-order valence-corrected chi connectivity index (χ3v) is 5.73. The number of nitrogens with one attached hydrogen (secondary N) is 2. The topological polar surface area (TPSA) is 57.0 Å². The molecule has 5 nitrogen and oxygen atoms in total. The number of anilines is 1. The molecule has 0 aliphatic carbocycles. The fraction of sp³-hybridized carbons (Fsp3) is 0.435. The molecule has 2 aromatic carbocycles. The molecule has 1 aliphatic heterocycles. The van der Waals surface area contributed by atoms with Crippen LogP contribution in [0.1, 0.15) is 38.3 Å². The van der Waals surface area contributed by atoms with Gasteiger partial charge in [-0.2, -0.15) is 0 Å². The summed E-state index contributed by atoms with van der Waals surface area (Å²) in [6.07, 6.45) is 1.97. The number of phenolic OH excluding ortho intramolecular Hbond substituents is 1. The van der Waals surface area contributed by atoms with Crippen LogP contribution in [0, 0.1) is 0 Å². The smallest absolute Gasteiger partial charge is 0.278 e. The van der Waals surface area contributed by atoms with Crippen molar-refractivity contribution in [3.8, 4) is 5.75 Å². The quantitative estimate of drug-likeness (QED) is 0.688. The Balaban J connectivity index is 1.57. The highest BCUT2D eigenvalue weighted by Gasteiger charge is 2.31. The second-order valence-corrected chi connectivity index (χ2v) is 7.62. The van der Waals surface area contributed by atoms with Crippen molar-refractivity contribution in [3.63, 3.8) is 0 Å². The summed E-state index contributed by atoms with van der Waals surface area (Å²) in [5.41, 5.74) is 2.05. The highest BCUT2D eigenvalue weighted by atomic mass is 16.3. The van der Waals surface area contributed by atoms with Crippen LogP contribution in [0.5, 0.6) is 5.75 Å². The summed E-state index contributed by atoms with van der Waals surface area (Å²) in [7, 11) is 0. The van der Waals surface area contributed by atoms with E-state index >= 15 is 0 Å². The third kappa shape index (κ3) is 4.84. The summed E-state index contributed by atoms with van der Waals surface area (Å²) < 4.78 is 0. The maximum atomic E-state index is 12.9. The van der Waals surface area contributed by atoms with E-state index in [1.165, 1.54) is 10.5 Å². The van der Waals surface area contributed by atoms with E-state index in [1.54, 1.807) is 6.07 Å². The Hall–Kier alpha value is -2.53. The molecule has 0 saturated carbocycles. The Morgan fingerprint density at radius 1 is 1.11 bits per heavy atom. The molecule has 0 unspecified atom stereocenters. The van der Waals surface area contributed by atoms with Crippen molar-refractivity contribution in [2.75, 3.05) is 31.1 Å². The molecule has 2 atom stereocenters. The molecule has 5 heteroatoms. The SMILES string of the molecule is CCC[C@@H](NC(=O)[C@H](C)[NH+]1CCN(c2ccccc2O)CC1)c1ccccc1. The lowest BCUT2D eigenvalue weighted by Crippen LogP contribution is -3.19. The van der Waals surface area contributed by atoms with Crippen molar-refractivity contribution in [3.05, 3.63) is 60.2 Å². The van der Waals surface area contributed by atoms with Gasteiger partial charge in [-0.05, 0) is 31.0 Å². The zero-order valence-corrected chi connectivity index (χ0v) is 16.9. The summed E-state index contributed by atoms with van der Waals surface area (Å²) in [4.78, 5) is 16.4. The molecule has 150 valence electrons. The van der Waals surface area contributed by atoms with Gasteiger partial charge in [0.25, 0.3) is 5.91 Å². The molecule has 3 rings (SSSR count). The second-order valence-electron chi connectivity index (χ2n) is 7.62. The Morgan fingerprint density at radius 2 is 1.75 bits per heavy atom. The lowest BCUT2D eigenvalue weighted by Gasteiger charge is -2.36. The van der Waals surface area contributed by atoms with Crippen molar-refractivity contribution in [2.45, 2.75) is 38.8 Å². The van der Waals surface area contributed by atoms with Crippen molar-refractivity contribution in [2.24, 2.45) is 0 Å². The van der Waals surface area contributed by atoms with Gasteiger partial charge < -0.3 is 20.2 Å². The molecular weight excluding hydrogens is 350 g/mol. The average molecular weight is 383 g/mol. The summed E-state index contributed by atoms with van der Waals surface area (Å²) in [6, 6.07) is 17.7. The maximum absolute atomic E-state index is 12.9. The van der Waals surface area contributed by atoms with Crippen molar-refractivity contribution < 1.29 is 14.8 Å². The van der Waals surface area contributed by atoms with Crippen LogP contribution >= 0.6 is 0 Å². The van der Waals surface area contributed by atoms with Gasteiger partial charge in [-0.25, -0.2) is 0 Å². The van der Waals surface area contributed by atoms with E-state index in [0.29, 0.717) is 5.75 Å². The van der Waals surface area contributed by atoms with Crippen LogP contribution in [0.2, 0.25) is 0 Å². The van der Waals surface area contributed by atoms with Gasteiger partial charge in [0.05, 0.1) is 37.9 Å². The van der Waals surface area contributed by atoms with Crippen LogP contribution in [-0.2, 0) is 4.79 Å². The Morgan fingerprint density at radius 3 is 2.39 bits per heavy atom. The van der Waals surface area contributed by atoms with Gasteiger partial charge in [-0.15, -0.1) is 0 Å². The molecule has 1 amide bonds. The van der Waals surface area contributed by atoms with E-state index in [4.69, 9.17) is 0 Å². The molecule has 0 aromatic heterocycles.